The van der Waals surface area contributed by atoms with E-state index < -0.39 is 0 Å². The Labute approximate surface area is 131 Å². The second kappa shape index (κ2) is 7.54. The second-order valence-corrected chi connectivity index (χ2v) is 5.35. The van der Waals surface area contributed by atoms with Crippen LogP contribution in [0.3, 0.4) is 0 Å². The summed E-state index contributed by atoms with van der Waals surface area (Å²) in [6.07, 6.45) is 3.97. The number of carbonyl (C=O) groups is 1. The molecular weight excluding hydrogens is 276 g/mol. The van der Waals surface area contributed by atoms with Gasteiger partial charge in [0.05, 0.1) is 12.4 Å². The van der Waals surface area contributed by atoms with Gasteiger partial charge in [-0.05, 0) is 25.8 Å². The van der Waals surface area contributed by atoms with Crippen LogP contribution in [0, 0.1) is 0 Å². The average Bonchev–Trinajstić information content (AvgIpc) is 2.56. The molecule has 0 aliphatic carbocycles. The van der Waals surface area contributed by atoms with Crippen LogP contribution in [0.5, 0.6) is 0 Å². The summed E-state index contributed by atoms with van der Waals surface area (Å²) in [6, 6.07) is 10.3. The lowest BCUT2D eigenvalue weighted by Crippen LogP contribution is -2.32. The van der Waals surface area contributed by atoms with Gasteiger partial charge in [-0.15, -0.1) is 0 Å². The van der Waals surface area contributed by atoms with Crippen molar-refractivity contribution in [3.63, 3.8) is 0 Å². The van der Waals surface area contributed by atoms with E-state index in [9.17, 15) is 4.79 Å². The van der Waals surface area contributed by atoms with Crippen LogP contribution in [-0.4, -0.2) is 21.9 Å². The maximum absolute atomic E-state index is 11.9. The topological polar surface area (TPSA) is 66.9 Å². The molecule has 1 aromatic heterocycles. The van der Waals surface area contributed by atoms with E-state index in [-0.39, 0.29) is 18.0 Å². The molecule has 0 saturated heterocycles. The second-order valence-electron chi connectivity index (χ2n) is 5.35. The number of aromatic nitrogens is 2. The third kappa shape index (κ3) is 4.28. The highest BCUT2D eigenvalue weighted by Gasteiger charge is 2.11. The lowest BCUT2D eigenvalue weighted by Gasteiger charge is -2.15. The lowest BCUT2D eigenvalue weighted by atomic mass is 10.1. The number of hydrogen-bond acceptors (Lipinski definition) is 4. The Kier molecular flexibility index (Phi) is 5.47. The molecule has 0 aliphatic heterocycles. The standard InChI is InChI=1S/C17H22N4O/c1-4-12(2)20-17(22)15-10-19-16(11-18-15)21-13(3)14-8-6-5-7-9-14/h5-13H,4H2,1-3H3,(H,19,21)(H,20,22). The van der Waals surface area contributed by atoms with Crippen molar-refractivity contribution in [2.24, 2.45) is 0 Å². The first-order valence-corrected chi connectivity index (χ1v) is 7.54. The van der Waals surface area contributed by atoms with Crippen LogP contribution < -0.4 is 10.6 Å². The first-order valence-electron chi connectivity index (χ1n) is 7.54. The van der Waals surface area contributed by atoms with Crippen molar-refractivity contribution in [3.05, 3.63) is 54.0 Å². The Morgan fingerprint density at radius 3 is 2.45 bits per heavy atom. The van der Waals surface area contributed by atoms with Crippen LogP contribution >= 0.6 is 0 Å². The van der Waals surface area contributed by atoms with E-state index in [1.807, 2.05) is 32.0 Å². The van der Waals surface area contributed by atoms with Crippen molar-refractivity contribution >= 4 is 11.7 Å². The number of rotatable bonds is 6. The van der Waals surface area contributed by atoms with Crippen LogP contribution in [0.25, 0.3) is 0 Å². The van der Waals surface area contributed by atoms with Crippen molar-refractivity contribution < 1.29 is 4.79 Å². The van der Waals surface area contributed by atoms with Crippen molar-refractivity contribution in [1.29, 1.82) is 0 Å². The van der Waals surface area contributed by atoms with Gasteiger partial charge >= 0.3 is 0 Å². The summed E-state index contributed by atoms with van der Waals surface area (Å²) < 4.78 is 0. The zero-order valence-electron chi connectivity index (χ0n) is 13.2. The Morgan fingerprint density at radius 2 is 1.86 bits per heavy atom. The van der Waals surface area contributed by atoms with Crippen LogP contribution in [0.2, 0.25) is 0 Å². The fourth-order valence-corrected chi connectivity index (χ4v) is 1.97. The molecule has 2 rings (SSSR count). The zero-order chi connectivity index (χ0) is 15.9. The molecular formula is C17H22N4O. The molecule has 0 radical (unpaired) electrons. The molecule has 0 aliphatic rings. The number of nitrogens with one attached hydrogen (secondary N) is 2. The Hall–Kier alpha value is -2.43. The zero-order valence-corrected chi connectivity index (χ0v) is 13.2. The van der Waals surface area contributed by atoms with Gasteiger partial charge in [-0.25, -0.2) is 9.97 Å². The number of amides is 1. The molecule has 1 amide bonds. The number of anilines is 1. The summed E-state index contributed by atoms with van der Waals surface area (Å²) in [5, 5.41) is 6.14. The summed E-state index contributed by atoms with van der Waals surface area (Å²) in [5.74, 6) is 0.459. The third-order valence-electron chi connectivity index (χ3n) is 3.54. The molecule has 0 spiro atoms. The predicted octanol–water partition coefficient (Wildman–Crippen LogP) is 3.18. The molecule has 2 N–H and O–H groups in total. The number of benzene rings is 1. The fraction of sp³-hybridized carbons (Fsp3) is 0.353. The Morgan fingerprint density at radius 1 is 1.14 bits per heavy atom. The Bertz CT molecular complexity index is 598. The van der Waals surface area contributed by atoms with E-state index in [1.165, 1.54) is 11.8 Å². The smallest absolute Gasteiger partial charge is 0.271 e. The van der Waals surface area contributed by atoms with Crippen LogP contribution in [-0.2, 0) is 0 Å². The van der Waals surface area contributed by atoms with Crippen LogP contribution in [0.1, 0.15) is 49.3 Å². The average molecular weight is 298 g/mol. The maximum atomic E-state index is 11.9. The first-order chi connectivity index (χ1) is 10.6. The summed E-state index contributed by atoms with van der Waals surface area (Å²) in [6.45, 7) is 6.04. The van der Waals surface area contributed by atoms with E-state index in [4.69, 9.17) is 0 Å². The molecule has 5 nitrogen and oxygen atoms in total. The molecule has 2 unspecified atom stereocenters. The minimum absolute atomic E-state index is 0.121. The quantitative estimate of drug-likeness (QED) is 0.859. The van der Waals surface area contributed by atoms with E-state index in [0.717, 1.165) is 6.42 Å². The SMILES string of the molecule is CCC(C)NC(=O)c1cnc(NC(C)c2ccccc2)cn1. The van der Waals surface area contributed by atoms with Gasteiger partial charge in [-0.1, -0.05) is 37.3 Å². The summed E-state index contributed by atoms with van der Waals surface area (Å²) in [7, 11) is 0. The van der Waals surface area contributed by atoms with Crippen LogP contribution in [0.4, 0.5) is 5.82 Å². The van der Waals surface area contributed by atoms with Gasteiger partial charge in [-0.2, -0.15) is 0 Å². The maximum Gasteiger partial charge on any atom is 0.271 e. The van der Waals surface area contributed by atoms with E-state index in [1.54, 1.807) is 6.20 Å². The molecule has 2 atom stereocenters. The summed E-state index contributed by atoms with van der Waals surface area (Å²) >= 11 is 0. The molecule has 0 bridgehead atoms. The number of carbonyl (C=O) groups excluding carboxylic acids is 1. The number of hydrogen-bond donors (Lipinski definition) is 2. The van der Waals surface area contributed by atoms with Gasteiger partial charge in [0, 0.05) is 12.1 Å². The minimum atomic E-state index is -0.190. The van der Waals surface area contributed by atoms with Gasteiger partial charge in [0.2, 0.25) is 0 Å². The van der Waals surface area contributed by atoms with Crippen molar-refractivity contribution in [2.45, 2.75) is 39.3 Å². The fourth-order valence-electron chi connectivity index (χ4n) is 1.97. The molecule has 1 aromatic carbocycles. The van der Waals surface area contributed by atoms with Crippen molar-refractivity contribution in [3.8, 4) is 0 Å². The highest BCUT2D eigenvalue weighted by Crippen LogP contribution is 2.16. The van der Waals surface area contributed by atoms with E-state index in [0.29, 0.717) is 11.5 Å². The predicted molar refractivity (Wildman–Crippen MR) is 87.7 cm³/mol. The normalized spacial score (nSPS) is 13.2. The van der Waals surface area contributed by atoms with Gasteiger partial charge in [-0.3, -0.25) is 4.79 Å². The van der Waals surface area contributed by atoms with Crippen molar-refractivity contribution in [1.82, 2.24) is 15.3 Å². The highest BCUT2D eigenvalue weighted by atomic mass is 16.1. The highest BCUT2D eigenvalue weighted by molar-refractivity contribution is 5.92. The van der Waals surface area contributed by atoms with E-state index >= 15 is 0 Å². The van der Waals surface area contributed by atoms with Gasteiger partial charge < -0.3 is 10.6 Å². The van der Waals surface area contributed by atoms with Crippen LogP contribution in [0.15, 0.2) is 42.7 Å². The van der Waals surface area contributed by atoms with Gasteiger partial charge in [0.25, 0.3) is 5.91 Å². The molecule has 1 heterocycles. The molecule has 5 heteroatoms. The largest absolute Gasteiger partial charge is 0.362 e. The first kappa shape index (κ1) is 15.9. The van der Waals surface area contributed by atoms with E-state index in [2.05, 4.69) is 39.7 Å². The monoisotopic (exact) mass is 298 g/mol. The molecule has 0 fully saturated rings. The Balaban J connectivity index is 1.98. The van der Waals surface area contributed by atoms with Gasteiger partial charge in [0.15, 0.2) is 0 Å². The van der Waals surface area contributed by atoms with Crippen molar-refractivity contribution in [2.75, 3.05) is 5.32 Å². The summed E-state index contributed by atoms with van der Waals surface area (Å²) in [4.78, 5) is 20.4. The third-order valence-corrected chi connectivity index (χ3v) is 3.54. The lowest BCUT2D eigenvalue weighted by molar-refractivity contribution is 0.0934. The van der Waals surface area contributed by atoms with Gasteiger partial charge in [0.1, 0.15) is 11.5 Å². The number of nitrogens with zero attached hydrogens (tertiary/aromatic N) is 2. The molecule has 22 heavy (non-hydrogen) atoms. The molecule has 2 aromatic rings. The molecule has 0 saturated carbocycles. The minimum Gasteiger partial charge on any atom is -0.362 e. The molecule has 116 valence electrons. The summed E-state index contributed by atoms with van der Waals surface area (Å²) in [5.41, 5.74) is 1.50.